The Labute approximate surface area is 171 Å². The fourth-order valence-corrected chi connectivity index (χ4v) is 2.81. The van der Waals surface area contributed by atoms with Crippen molar-refractivity contribution in [2.75, 3.05) is 5.32 Å². The maximum atomic E-state index is 12.5. The lowest BCUT2D eigenvalue weighted by Gasteiger charge is -2.11. The number of carboxylic acid groups (broad SMARTS) is 1. The number of aromatic carboxylic acids is 1. The third-order valence-electron chi connectivity index (χ3n) is 3.90. The van der Waals surface area contributed by atoms with Crippen molar-refractivity contribution in [1.29, 1.82) is 0 Å². The van der Waals surface area contributed by atoms with Crippen LogP contribution in [0.2, 0.25) is 10.0 Å². The van der Waals surface area contributed by atoms with E-state index < -0.39 is 11.9 Å². The lowest BCUT2D eigenvalue weighted by molar-refractivity contribution is 0.0692. The van der Waals surface area contributed by atoms with Gasteiger partial charge in [-0.3, -0.25) is 4.79 Å². The maximum Gasteiger partial charge on any atom is 0.336 e. The average molecular weight is 416 g/mol. The molecule has 0 saturated heterocycles. The zero-order chi connectivity index (χ0) is 20.1. The fourth-order valence-electron chi connectivity index (χ4n) is 2.49. The van der Waals surface area contributed by atoms with E-state index in [0.29, 0.717) is 18.0 Å². The van der Waals surface area contributed by atoms with E-state index in [1.54, 1.807) is 24.3 Å². The van der Waals surface area contributed by atoms with Crippen LogP contribution in [0.5, 0.6) is 5.75 Å². The topological polar surface area (TPSA) is 75.6 Å². The Morgan fingerprint density at radius 1 is 0.893 bits per heavy atom. The Morgan fingerprint density at radius 3 is 2.11 bits per heavy atom. The number of carbonyl (C=O) groups excluding carboxylic acids is 1. The summed E-state index contributed by atoms with van der Waals surface area (Å²) in [5, 5.41) is 12.1. The van der Waals surface area contributed by atoms with E-state index in [1.807, 2.05) is 30.3 Å². The first-order valence-corrected chi connectivity index (χ1v) is 9.00. The lowest BCUT2D eigenvalue weighted by atomic mass is 10.1. The minimum absolute atomic E-state index is 0.0653. The molecule has 0 spiro atoms. The molecule has 142 valence electrons. The van der Waals surface area contributed by atoms with Crippen LogP contribution in [0.25, 0.3) is 0 Å². The molecule has 0 aliphatic heterocycles. The zero-order valence-electron chi connectivity index (χ0n) is 14.5. The summed E-state index contributed by atoms with van der Waals surface area (Å²) in [6, 6.07) is 18.9. The molecule has 0 radical (unpaired) electrons. The molecule has 5 nitrogen and oxygen atoms in total. The monoisotopic (exact) mass is 415 g/mol. The summed E-state index contributed by atoms with van der Waals surface area (Å²) < 4.78 is 5.69. The van der Waals surface area contributed by atoms with Crippen molar-refractivity contribution in [1.82, 2.24) is 0 Å². The molecule has 3 aromatic rings. The number of anilines is 1. The molecule has 0 heterocycles. The van der Waals surface area contributed by atoms with E-state index >= 15 is 0 Å². The fraction of sp³-hybridized carbons (Fsp3) is 0.0476. The quantitative estimate of drug-likeness (QED) is 0.555. The van der Waals surface area contributed by atoms with Gasteiger partial charge in [-0.05, 0) is 42.0 Å². The van der Waals surface area contributed by atoms with Crippen molar-refractivity contribution in [3.8, 4) is 5.75 Å². The zero-order valence-corrected chi connectivity index (χ0v) is 16.0. The van der Waals surface area contributed by atoms with Crippen LogP contribution >= 0.6 is 23.2 Å². The summed E-state index contributed by atoms with van der Waals surface area (Å²) in [6.45, 7) is 0.428. The Morgan fingerprint density at radius 2 is 1.50 bits per heavy atom. The van der Waals surface area contributed by atoms with Crippen molar-refractivity contribution < 1.29 is 19.4 Å². The van der Waals surface area contributed by atoms with Crippen LogP contribution in [0.1, 0.15) is 26.3 Å². The standard InChI is InChI=1S/C21H15Cl2NO4/c22-18-10-16(17(21(26)27)11-19(18)23)20(25)24-14-6-8-15(9-7-14)28-12-13-4-2-1-3-5-13/h1-11H,12H2,(H,24,25)(H,26,27). The van der Waals surface area contributed by atoms with Crippen molar-refractivity contribution in [2.45, 2.75) is 6.61 Å². The summed E-state index contributed by atoms with van der Waals surface area (Å²) in [5.74, 6) is -1.23. The highest BCUT2D eigenvalue weighted by atomic mass is 35.5. The van der Waals surface area contributed by atoms with Crippen LogP contribution in [-0.4, -0.2) is 17.0 Å². The van der Waals surface area contributed by atoms with Gasteiger partial charge in [-0.15, -0.1) is 0 Å². The molecule has 0 bridgehead atoms. The molecule has 7 heteroatoms. The van der Waals surface area contributed by atoms with Crippen LogP contribution < -0.4 is 10.1 Å². The summed E-state index contributed by atoms with van der Waals surface area (Å²) in [6.07, 6.45) is 0. The third-order valence-corrected chi connectivity index (χ3v) is 4.62. The number of benzene rings is 3. The Bertz CT molecular complexity index is 1000. The molecule has 1 amide bonds. The highest BCUT2D eigenvalue weighted by Gasteiger charge is 2.19. The van der Waals surface area contributed by atoms with E-state index in [9.17, 15) is 14.7 Å². The normalized spacial score (nSPS) is 10.4. The molecule has 28 heavy (non-hydrogen) atoms. The van der Waals surface area contributed by atoms with Crippen molar-refractivity contribution in [3.63, 3.8) is 0 Å². The van der Waals surface area contributed by atoms with E-state index in [0.717, 1.165) is 11.6 Å². The number of nitrogens with one attached hydrogen (secondary N) is 1. The van der Waals surface area contributed by atoms with Gasteiger partial charge in [0.2, 0.25) is 0 Å². The third kappa shape index (κ3) is 4.82. The molecule has 0 fully saturated rings. The van der Waals surface area contributed by atoms with Gasteiger partial charge in [0.05, 0.1) is 21.2 Å². The van der Waals surface area contributed by atoms with Gasteiger partial charge in [-0.1, -0.05) is 53.5 Å². The van der Waals surface area contributed by atoms with Gasteiger partial charge in [-0.2, -0.15) is 0 Å². The molecular formula is C21H15Cl2NO4. The second-order valence-corrected chi connectivity index (χ2v) is 6.68. The summed E-state index contributed by atoms with van der Waals surface area (Å²) in [5.41, 5.74) is 1.22. The predicted molar refractivity (Wildman–Crippen MR) is 109 cm³/mol. The van der Waals surface area contributed by atoms with Crippen molar-refractivity contribution >= 4 is 40.8 Å². The number of amides is 1. The van der Waals surface area contributed by atoms with Crippen LogP contribution in [-0.2, 0) is 6.61 Å². The molecule has 3 aromatic carbocycles. The number of ether oxygens (including phenoxy) is 1. The molecular weight excluding hydrogens is 401 g/mol. The number of hydrogen-bond acceptors (Lipinski definition) is 3. The SMILES string of the molecule is O=C(O)c1cc(Cl)c(Cl)cc1C(=O)Nc1ccc(OCc2ccccc2)cc1. The van der Waals surface area contributed by atoms with Gasteiger partial charge in [0.15, 0.2) is 0 Å². The van der Waals surface area contributed by atoms with Crippen LogP contribution in [0.15, 0.2) is 66.7 Å². The minimum atomic E-state index is -1.27. The Kier molecular flexibility index (Phi) is 6.19. The second-order valence-electron chi connectivity index (χ2n) is 5.87. The Balaban J connectivity index is 1.69. The lowest BCUT2D eigenvalue weighted by Crippen LogP contribution is -2.16. The first-order valence-electron chi connectivity index (χ1n) is 8.24. The van der Waals surface area contributed by atoms with Gasteiger partial charge >= 0.3 is 5.97 Å². The largest absolute Gasteiger partial charge is 0.489 e. The van der Waals surface area contributed by atoms with E-state index in [1.165, 1.54) is 6.07 Å². The Hall–Kier alpha value is -3.02. The molecule has 0 atom stereocenters. The van der Waals surface area contributed by atoms with Gasteiger partial charge in [0, 0.05) is 5.69 Å². The highest BCUT2D eigenvalue weighted by Crippen LogP contribution is 2.27. The first kappa shape index (κ1) is 19.7. The van der Waals surface area contributed by atoms with Crippen LogP contribution in [0.4, 0.5) is 5.69 Å². The van der Waals surface area contributed by atoms with E-state index in [4.69, 9.17) is 27.9 Å². The van der Waals surface area contributed by atoms with Gasteiger partial charge in [0.25, 0.3) is 5.91 Å². The molecule has 2 N–H and O–H groups in total. The second kappa shape index (κ2) is 8.78. The molecule has 0 aromatic heterocycles. The highest BCUT2D eigenvalue weighted by molar-refractivity contribution is 6.42. The summed E-state index contributed by atoms with van der Waals surface area (Å²) >= 11 is 11.8. The number of carboxylic acids is 1. The van der Waals surface area contributed by atoms with E-state index in [2.05, 4.69) is 5.32 Å². The summed E-state index contributed by atoms with van der Waals surface area (Å²) in [7, 11) is 0. The molecule has 0 unspecified atom stereocenters. The van der Waals surface area contributed by atoms with E-state index in [-0.39, 0.29) is 21.2 Å². The van der Waals surface area contributed by atoms with Crippen molar-refractivity contribution in [3.05, 3.63) is 93.5 Å². The molecule has 3 rings (SSSR count). The predicted octanol–water partition coefficient (Wildman–Crippen LogP) is 5.52. The summed E-state index contributed by atoms with van der Waals surface area (Å²) in [4.78, 5) is 23.9. The molecule has 0 saturated carbocycles. The van der Waals surface area contributed by atoms with Gasteiger partial charge in [-0.25, -0.2) is 4.79 Å². The first-order chi connectivity index (χ1) is 13.4. The number of carbonyl (C=O) groups is 2. The van der Waals surface area contributed by atoms with Gasteiger partial charge < -0.3 is 15.2 Å². The van der Waals surface area contributed by atoms with Crippen LogP contribution in [0, 0.1) is 0 Å². The molecule has 0 aliphatic rings. The maximum absolute atomic E-state index is 12.5. The number of rotatable bonds is 6. The molecule has 0 aliphatic carbocycles. The van der Waals surface area contributed by atoms with Gasteiger partial charge in [0.1, 0.15) is 12.4 Å². The number of halogens is 2. The minimum Gasteiger partial charge on any atom is -0.489 e. The smallest absolute Gasteiger partial charge is 0.336 e. The van der Waals surface area contributed by atoms with Crippen LogP contribution in [0.3, 0.4) is 0 Å². The number of hydrogen-bond donors (Lipinski definition) is 2. The van der Waals surface area contributed by atoms with Crippen molar-refractivity contribution in [2.24, 2.45) is 0 Å². The average Bonchev–Trinajstić information content (AvgIpc) is 2.69.